The number of nitrogens with zero attached hydrogens (tertiary/aromatic N) is 2. The second kappa shape index (κ2) is 7.17. The molecule has 0 saturated heterocycles. The van der Waals surface area contributed by atoms with E-state index in [0.717, 1.165) is 5.56 Å². The maximum absolute atomic E-state index is 12.5. The summed E-state index contributed by atoms with van der Waals surface area (Å²) in [6.45, 7) is 3.75. The summed E-state index contributed by atoms with van der Waals surface area (Å²) in [4.78, 5) is 29.3. The molecule has 2 N–H and O–H groups in total. The molecule has 0 saturated carbocycles. The number of aryl methyl sites for hydroxylation is 1. The average molecular weight is 371 g/mol. The van der Waals surface area contributed by atoms with Gasteiger partial charge >= 0.3 is 6.03 Å². The third kappa shape index (κ3) is 3.70. The first kappa shape index (κ1) is 17.9. The van der Waals surface area contributed by atoms with E-state index in [1.54, 1.807) is 32.2 Å². The van der Waals surface area contributed by atoms with Gasteiger partial charge in [-0.15, -0.1) is 0 Å². The van der Waals surface area contributed by atoms with Gasteiger partial charge in [0, 0.05) is 17.8 Å². The molecule has 2 amide bonds. The van der Waals surface area contributed by atoms with Crippen molar-refractivity contribution in [2.75, 3.05) is 5.32 Å². The molecule has 0 radical (unpaired) electrons. The summed E-state index contributed by atoms with van der Waals surface area (Å²) in [6.07, 6.45) is 0. The monoisotopic (exact) mass is 370 g/mol. The number of carbonyl (C=O) groups excluding carboxylic acids is 1. The Kier molecular flexibility index (Phi) is 4.95. The van der Waals surface area contributed by atoms with E-state index in [1.807, 2.05) is 31.2 Å². The highest BCUT2D eigenvalue weighted by Gasteiger charge is 2.16. The van der Waals surface area contributed by atoms with Crippen LogP contribution in [0, 0.1) is 6.92 Å². The molecule has 1 atom stereocenters. The number of aromatic nitrogens is 2. The molecule has 0 aliphatic carbocycles. The molecule has 3 rings (SSSR count). The van der Waals surface area contributed by atoms with E-state index in [4.69, 9.17) is 11.6 Å². The fourth-order valence-electron chi connectivity index (χ4n) is 2.71. The highest BCUT2D eigenvalue weighted by molar-refractivity contribution is 6.31. The molecule has 0 aliphatic rings. The van der Waals surface area contributed by atoms with Crippen LogP contribution < -0.4 is 16.2 Å². The zero-order valence-electron chi connectivity index (χ0n) is 14.7. The maximum Gasteiger partial charge on any atom is 0.319 e. The van der Waals surface area contributed by atoms with Gasteiger partial charge in [0.25, 0.3) is 5.56 Å². The molecule has 0 bridgehead atoms. The maximum atomic E-state index is 12.5. The second-order valence-corrected chi connectivity index (χ2v) is 6.62. The number of hydrogen-bond donors (Lipinski definition) is 2. The van der Waals surface area contributed by atoms with Crippen molar-refractivity contribution in [2.45, 2.75) is 19.9 Å². The zero-order chi connectivity index (χ0) is 18.8. The van der Waals surface area contributed by atoms with Crippen LogP contribution in [-0.4, -0.2) is 15.6 Å². The molecule has 0 fully saturated rings. The minimum Gasteiger partial charge on any atom is -0.328 e. The van der Waals surface area contributed by atoms with E-state index in [0.29, 0.717) is 27.4 Å². The Morgan fingerprint density at radius 1 is 1.19 bits per heavy atom. The summed E-state index contributed by atoms with van der Waals surface area (Å²) in [5, 5.41) is 6.55. The van der Waals surface area contributed by atoms with Crippen molar-refractivity contribution in [2.24, 2.45) is 7.05 Å². The first-order chi connectivity index (χ1) is 12.3. The minimum absolute atomic E-state index is 0.186. The molecular weight excluding hydrogens is 352 g/mol. The van der Waals surface area contributed by atoms with Gasteiger partial charge < -0.3 is 10.6 Å². The van der Waals surface area contributed by atoms with Crippen LogP contribution in [-0.2, 0) is 7.05 Å². The van der Waals surface area contributed by atoms with E-state index in [9.17, 15) is 9.59 Å². The van der Waals surface area contributed by atoms with E-state index >= 15 is 0 Å². The van der Waals surface area contributed by atoms with Gasteiger partial charge in [-0.2, -0.15) is 0 Å². The number of fused-ring (bicyclic) bond motifs is 1. The topological polar surface area (TPSA) is 76.0 Å². The Balaban J connectivity index is 1.84. The first-order valence-electron chi connectivity index (χ1n) is 8.15. The number of carbonyl (C=O) groups is 1. The van der Waals surface area contributed by atoms with E-state index in [-0.39, 0.29) is 11.6 Å². The molecule has 7 heteroatoms. The third-order valence-corrected chi connectivity index (χ3v) is 4.35. The van der Waals surface area contributed by atoms with Crippen LogP contribution in [0.4, 0.5) is 10.5 Å². The molecule has 0 spiro atoms. The Bertz CT molecular complexity index is 1030. The number of nitrogens with one attached hydrogen (secondary N) is 2. The molecular formula is C19H19ClN4O2. The Labute approximate surface area is 155 Å². The lowest BCUT2D eigenvalue weighted by Crippen LogP contribution is -2.35. The zero-order valence-corrected chi connectivity index (χ0v) is 15.5. The highest BCUT2D eigenvalue weighted by atomic mass is 35.5. The summed E-state index contributed by atoms with van der Waals surface area (Å²) >= 11 is 6.00. The summed E-state index contributed by atoms with van der Waals surface area (Å²) in [6, 6.07) is 11.6. The van der Waals surface area contributed by atoms with E-state index in [1.165, 1.54) is 4.57 Å². The molecule has 2 aromatic carbocycles. The number of amides is 2. The van der Waals surface area contributed by atoms with Crippen molar-refractivity contribution in [1.29, 1.82) is 0 Å². The lowest BCUT2D eigenvalue weighted by Gasteiger charge is -2.17. The van der Waals surface area contributed by atoms with Crippen molar-refractivity contribution in [3.8, 4) is 0 Å². The van der Waals surface area contributed by atoms with Crippen LogP contribution in [0.3, 0.4) is 0 Å². The minimum atomic E-state index is -0.471. The van der Waals surface area contributed by atoms with Gasteiger partial charge in [0.05, 0.1) is 16.9 Å². The summed E-state index contributed by atoms with van der Waals surface area (Å²) < 4.78 is 1.44. The Morgan fingerprint density at radius 2 is 1.88 bits per heavy atom. The third-order valence-electron chi connectivity index (χ3n) is 4.12. The van der Waals surface area contributed by atoms with Crippen molar-refractivity contribution >= 4 is 34.2 Å². The number of halogens is 1. The Morgan fingerprint density at radius 3 is 2.58 bits per heavy atom. The van der Waals surface area contributed by atoms with Gasteiger partial charge in [-0.3, -0.25) is 9.36 Å². The molecule has 6 nitrogen and oxygen atoms in total. The molecule has 134 valence electrons. The quantitative estimate of drug-likeness (QED) is 0.736. The van der Waals surface area contributed by atoms with Crippen molar-refractivity contribution in [3.05, 3.63) is 69.2 Å². The first-order valence-corrected chi connectivity index (χ1v) is 8.53. The van der Waals surface area contributed by atoms with Crippen LogP contribution in [0.1, 0.15) is 24.4 Å². The molecule has 1 heterocycles. The van der Waals surface area contributed by atoms with Gasteiger partial charge in [-0.25, -0.2) is 9.78 Å². The predicted octanol–water partition coefficient (Wildman–Crippen LogP) is 3.78. The standard InChI is InChI=1S/C19H19ClN4O2/c1-11-4-7-14(8-5-11)22-19(26)21-12(2)17-23-16-10-13(20)6-9-15(16)18(25)24(17)3/h4-10,12H,1-3H3,(H2,21,22,26)/t12-/m0/s1. The molecule has 1 aromatic heterocycles. The predicted molar refractivity (Wildman–Crippen MR) is 104 cm³/mol. The lowest BCUT2D eigenvalue weighted by molar-refractivity contribution is 0.248. The number of rotatable bonds is 3. The van der Waals surface area contributed by atoms with Crippen molar-refractivity contribution < 1.29 is 4.79 Å². The highest BCUT2D eigenvalue weighted by Crippen LogP contribution is 2.17. The van der Waals surface area contributed by atoms with Gasteiger partial charge in [-0.05, 0) is 44.2 Å². The molecule has 26 heavy (non-hydrogen) atoms. The lowest BCUT2D eigenvalue weighted by atomic mass is 10.2. The Hall–Kier alpha value is -2.86. The van der Waals surface area contributed by atoms with E-state index in [2.05, 4.69) is 15.6 Å². The average Bonchev–Trinajstić information content (AvgIpc) is 2.59. The van der Waals surface area contributed by atoms with Crippen LogP contribution in [0.15, 0.2) is 47.3 Å². The normalized spacial score (nSPS) is 12.0. The van der Waals surface area contributed by atoms with Gasteiger partial charge in [0.15, 0.2) is 0 Å². The van der Waals surface area contributed by atoms with Gasteiger partial charge in [0.2, 0.25) is 0 Å². The van der Waals surface area contributed by atoms with Crippen molar-refractivity contribution in [1.82, 2.24) is 14.9 Å². The van der Waals surface area contributed by atoms with Crippen LogP contribution in [0.25, 0.3) is 10.9 Å². The number of urea groups is 1. The largest absolute Gasteiger partial charge is 0.328 e. The molecule has 0 aliphatic heterocycles. The van der Waals surface area contributed by atoms with Crippen LogP contribution >= 0.6 is 11.6 Å². The summed E-state index contributed by atoms with van der Waals surface area (Å²) in [7, 11) is 1.63. The smallest absolute Gasteiger partial charge is 0.319 e. The number of hydrogen-bond acceptors (Lipinski definition) is 3. The number of benzene rings is 2. The van der Waals surface area contributed by atoms with Gasteiger partial charge in [-0.1, -0.05) is 29.3 Å². The number of anilines is 1. The fourth-order valence-corrected chi connectivity index (χ4v) is 2.88. The fraction of sp³-hybridized carbons (Fsp3) is 0.211. The van der Waals surface area contributed by atoms with Gasteiger partial charge in [0.1, 0.15) is 5.82 Å². The SMILES string of the molecule is Cc1ccc(NC(=O)N[C@@H](C)c2nc3cc(Cl)ccc3c(=O)n2C)cc1. The molecule has 3 aromatic rings. The molecule has 0 unspecified atom stereocenters. The summed E-state index contributed by atoms with van der Waals surface area (Å²) in [5.41, 5.74) is 2.11. The van der Waals surface area contributed by atoms with Crippen molar-refractivity contribution in [3.63, 3.8) is 0 Å². The summed E-state index contributed by atoms with van der Waals surface area (Å²) in [5.74, 6) is 0.448. The van der Waals surface area contributed by atoms with Crippen LogP contribution in [0.5, 0.6) is 0 Å². The second-order valence-electron chi connectivity index (χ2n) is 6.18. The van der Waals surface area contributed by atoms with Crippen LogP contribution in [0.2, 0.25) is 5.02 Å². The van der Waals surface area contributed by atoms with E-state index < -0.39 is 6.04 Å².